The minimum Gasteiger partial charge on any atom is -0.455 e. The van der Waals surface area contributed by atoms with Crippen LogP contribution >= 0.6 is 27.5 Å². The van der Waals surface area contributed by atoms with E-state index in [0.717, 1.165) is 10.0 Å². The van der Waals surface area contributed by atoms with Gasteiger partial charge in [-0.15, -0.1) is 0 Å². The van der Waals surface area contributed by atoms with Gasteiger partial charge < -0.3 is 4.42 Å². The molecule has 24 heavy (non-hydrogen) atoms. The van der Waals surface area contributed by atoms with Gasteiger partial charge in [-0.1, -0.05) is 33.6 Å². The third kappa shape index (κ3) is 4.13. The van der Waals surface area contributed by atoms with Gasteiger partial charge in [-0.2, -0.15) is 5.10 Å². The fraction of sp³-hybridized carbons (Fsp3) is 0. The van der Waals surface area contributed by atoms with Crippen LogP contribution in [0, 0.1) is 0 Å². The Kier molecular flexibility index (Phi) is 5.13. The summed E-state index contributed by atoms with van der Waals surface area (Å²) in [5.74, 6) is 0.943. The molecule has 1 heterocycles. The summed E-state index contributed by atoms with van der Waals surface area (Å²) in [6, 6.07) is 18.0. The van der Waals surface area contributed by atoms with Gasteiger partial charge >= 0.3 is 0 Å². The molecule has 0 unspecified atom stereocenters. The van der Waals surface area contributed by atoms with E-state index in [2.05, 4.69) is 26.5 Å². The van der Waals surface area contributed by atoms with Crippen LogP contribution in [0.4, 0.5) is 0 Å². The highest BCUT2D eigenvalue weighted by atomic mass is 79.9. The van der Waals surface area contributed by atoms with E-state index in [1.54, 1.807) is 36.4 Å². The van der Waals surface area contributed by atoms with Gasteiger partial charge in [0.05, 0.1) is 6.21 Å². The second kappa shape index (κ2) is 7.47. The van der Waals surface area contributed by atoms with Crippen molar-refractivity contribution in [2.45, 2.75) is 0 Å². The van der Waals surface area contributed by atoms with Crippen LogP contribution in [0.2, 0.25) is 5.02 Å². The number of nitrogens with zero attached hydrogens (tertiary/aromatic N) is 1. The van der Waals surface area contributed by atoms with Gasteiger partial charge in [-0.05, 0) is 54.6 Å². The van der Waals surface area contributed by atoms with Crippen LogP contribution in [-0.2, 0) is 0 Å². The lowest BCUT2D eigenvalue weighted by molar-refractivity contribution is 0.0955. The molecule has 3 aromatic rings. The molecule has 0 aliphatic rings. The van der Waals surface area contributed by atoms with Crippen molar-refractivity contribution in [2.24, 2.45) is 5.10 Å². The second-order valence-corrected chi connectivity index (χ2v) is 6.27. The zero-order chi connectivity index (χ0) is 16.9. The Morgan fingerprint density at radius 3 is 2.67 bits per heavy atom. The molecule has 0 bridgehead atoms. The summed E-state index contributed by atoms with van der Waals surface area (Å²) in [7, 11) is 0. The molecule has 3 rings (SSSR count). The van der Waals surface area contributed by atoms with E-state index in [1.165, 1.54) is 6.21 Å². The summed E-state index contributed by atoms with van der Waals surface area (Å²) in [5, 5.41) is 4.58. The molecule has 0 radical (unpaired) electrons. The van der Waals surface area contributed by atoms with Gasteiger partial charge in [-0.3, -0.25) is 4.79 Å². The molecule has 0 saturated carbocycles. The van der Waals surface area contributed by atoms with E-state index >= 15 is 0 Å². The van der Waals surface area contributed by atoms with Crippen molar-refractivity contribution in [3.63, 3.8) is 0 Å². The molecule has 0 aliphatic carbocycles. The van der Waals surface area contributed by atoms with E-state index in [-0.39, 0.29) is 5.91 Å². The molecule has 2 aromatic carbocycles. The Labute approximate surface area is 152 Å². The highest BCUT2D eigenvalue weighted by molar-refractivity contribution is 9.10. The Bertz CT molecular complexity index is 888. The molecule has 0 aliphatic heterocycles. The number of amides is 1. The number of nitrogens with one attached hydrogen (secondary N) is 1. The second-order valence-electron chi connectivity index (χ2n) is 4.92. The summed E-state index contributed by atoms with van der Waals surface area (Å²) in [4.78, 5) is 12.0. The number of rotatable bonds is 4. The lowest BCUT2D eigenvalue weighted by atomic mass is 10.2. The predicted octanol–water partition coefficient (Wildman–Crippen LogP) is 5.13. The Morgan fingerprint density at radius 2 is 1.92 bits per heavy atom. The number of carbonyl (C=O) groups excluding carboxylic acids is 1. The quantitative estimate of drug-likeness (QED) is 0.485. The molecule has 1 amide bonds. The molecule has 0 atom stereocenters. The molecule has 6 heteroatoms. The van der Waals surface area contributed by atoms with Crippen molar-refractivity contribution in [1.82, 2.24) is 5.43 Å². The van der Waals surface area contributed by atoms with Crippen molar-refractivity contribution < 1.29 is 9.21 Å². The molecule has 120 valence electrons. The van der Waals surface area contributed by atoms with E-state index in [4.69, 9.17) is 16.0 Å². The molecule has 1 aromatic heterocycles. The molecule has 0 spiro atoms. The van der Waals surface area contributed by atoms with Crippen LogP contribution < -0.4 is 5.43 Å². The summed E-state index contributed by atoms with van der Waals surface area (Å²) < 4.78 is 6.50. The average Bonchev–Trinajstić information content (AvgIpc) is 3.04. The van der Waals surface area contributed by atoms with Gasteiger partial charge in [0.2, 0.25) is 0 Å². The largest absolute Gasteiger partial charge is 0.455 e. The standard InChI is InChI=1S/C18H12BrClN2O2/c19-14-3-1-2-13(10-14)18(23)22-21-11-16-8-9-17(24-16)12-4-6-15(20)7-5-12/h1-11H,(H,22,23)/b21-11+. The van der Waals surface area contributed by atoms with E-state index < -0.39 is 0 Å². The first-order chi connectivity index (χ1) is 11.6. The summed E-state index contributed by atoms with van der Waals surface area (Å²) >= 11 is 9.19. The fourth-order valence-electron chi connectivity index (χ4n) is 2.04. The number of benzene rings is 2. The lowest BCUT2D eigenvalue weighted by Gasteiger charge is -1.99. The maximum Gasteiger partial charge on any atom is 0.271 e. The van der Waals surface area contributed by atoms with Crippen LogP contribution in [0.25, 0.3) is 11.3 Å². The molecule has 1 N–H and O–H groups in total. The fourth-order valence-corrected chi connectivity index (χ4v) is 2.57. The first kappa shape index (κ1) is 16.5. The number of hydrogen-bond donors (Lipinski definition) is 1. The number of halogens is 2. The first-order valence-electron chi connectivity index (χ1n) is 7.06. The normalized spacial score (nSPS) is 10.9. The molecular weight excluding hydrogens is 392 g/mol. The van der Waals surface area contributed by atoms with Crippen molar-refractivity contribution in [3.05, 3.63) is 81.5 Å². The first-order valence-corrected chi connectivity index (χ1v) is 8.24. The van der Waals surface area contributed by atoms with E-state index in [1.807, 2.05) is 24.3 Å². The third-order valence-electron chi connectivity index (χ3n) is 3.20. The van der Waals surface area contributed by atoms with Crippen LogP contribution in [0.15, 0.2) is 74.7 Å². The molecule has 0 saturated heterocycles. The van der Waals surface area contributed by atoms with Crippen molar-refractivity contribution in [1.29, 1.82) is 0 Å². The van der Waals surface area contributed by atoms with Gasteiger partial charge in [0, 0.05) is 20.6 Å². The van der Waals surface area contributed by atoms with Crippen molar-refractivity contribution in [2.75, 3.05) is 0 Å². The van der Waals surface area contributed by atoms with Crippen LogP contribution in [-0.4, -0.2) is 12.1 Å². The van der Waals surface area contributed by atoms with Crippen molar-refractivity contribution in [3.8, 4) is 11.3 Å². The van der Waals surface area contributed by atoms with Gasteiger partial charge in [0.25, 0.3) is 5.91 Å². The van der Waals surface area contributed by atoms with Gasteiger partial charge in [-0.25, -0.2) is 5.43 Å². The topological polar surface area (TPSA) is 54.6 Å². The molecule has 0 fully saturated rings. The summed E-state index contributed by atoms with van der Waals surface area (Å²) in [6.07, 6.45) is 1.45. The Morgan fingerprint density at radius 1 is 1.12 bits per heavy atom. The van der Waals surface area contributed by atoms with E-state index in [0.29, 0.717) is 22.1 Å². The van der Waals surface area contributed by atoms with E-state index in [9.17, 15) is 4.79 Å². The van der Waals surface area contributed by atoms with Gasteiger partial charge in [0.15, 0.2) is 0 Å². The maximum atomic E-state index is 12.0. The Hall–Kier alpha value is -2.37. The maximum absolute atomic E-state index is 12.0. The van der Waals surface area contributed by atoms with Crippen LogP contribution in [0.5, 0.6) is 0 Å². The van der Waals surface area contributed by atoms with Crippen molar-refractivity contribution >= 4 is 39.7 Å². The highest BCUT2D eigenvalue weighted by Crippen LogP contribution is 2.23. The van der Waals surface area contributed by atoms with Gasteiger partial charge in [0.1, 0.15) is 11.5 Å². The Balaban J connectivity index is 1.65. The average molecular weight is 404 g/mol. The molecule has 4 nitrogen and oxygen atoms in total. The summed E-state index contributed by atoms with van der Waals surface area (Å²) in [5.41, 5.74) is 3.89. The zero-order valence-electron chi connectivity index (χ0n) is 12.4. The molecular formula is C18H12BrClN2O2. The number of carbonyl (C=O) groups is 1. The summed E-state index contributed by atoms with van der Waals surface area (Å²) in [6.45, 7) is 0. The third-order valence-corrected chi connectivity index (χ3v) is 3.95. The smallest absolute Gasteiger partial charge is 0.271 e. The SMILES string of the molecule is O=C(N/N=C/c1ccc(-c2ccc(Cl)cc2)o1)c1cccc(Br)c1. The number of furan rings is 1. The predicted molar refractivity (Wildman–Crippen MR) is 98.4 cm³/mol. The highest BCUT2D eigenvalue weighted by Gasteiger charge is 2.05. The zero-order valence-corrected chi connectivity index (χ0v) is 14.7. The minimum atomic E-state index is -0.294. The minimum absolute atomic E-state index is 0.294. The lowest BCUT2D eigenvalue weighted by Crippen LogP contribution is -2.17. The van der Waals surface area contributed by atoms with Crippen LogP contribution in [0.1, 0.15) is 16.1 Å². The monoisotopic (exact) mass is 402 g/mol. The number of hydrazone groups is 1. The van der Waals surface area contributed by atoms with Crippen LogP contribution in [0.3, 0.4) is 0 Å². The number of hydrogen-bond acceptors (Lipinski definition) is 3.